The Morgan fingerprint density at radius 1 is 1.46 bits per heavy atom. The minimum absolute atomic E-state index is 0.0514. The maximum absolute atomic E-state index is 10.1. The van der Waals surface area contributed by atoms with Gasteiger partial charge in [0.25, 0.3) is 0 Å². The number of aliphatic hydroxyl groups is 1. The summed E-state index contributed by atoms with van der Waals surface area (Å²) in [7, 11) is 1.56. The maximum Gasteiger partial charge on any atom is 0.172 e. The van der Waals surface area contributed by atoms with Gasteiger partial charge in [-0.25, -0.2) is 0 Å². The van der Waals surface area contributed by atoms with Gasteiger partial charge < -0.3 is 24.1 Å². The summed E-state index contributed by atoms with van der Waals surface area (Å²) < 4.78 is 14.5. The van der Waals surface area contributed by atoms with Crippen LogP contribution in [0.5, 0.6) is 0 Å². The molecule has 1 atom stereocenters. The molecule has 0 heterocycles. The lowest BCUT2D eigenvalue weighted by Crippen LogP contribution is -2.30. The zero-order chi connectivity index (χ0) is 10.2. The van der Waals surface area contributed by atoms with Crippen molar-refractivity contribution >= 4 is 6.29 Å². The second-order valence-corrected chi connectivity index (χ2v) is 2.71. The SMILES string of the molecule is COCCOCO[C@](C)(O)CC=O. The van der Waals surface area contributed by atoms with E-state index in [1.807, 2.05) is 0 Å². The Balaban J connectivity index is 3.34. The van der Waals surface area contributed by atoms with E-state index in [1.54, 1.807) is 7.11 Å². The highest BCUT2D eigenvalue weighted by Crippen LogP contribution is 2.08. The van der Waals surface area contributed by atoms with E-state index in [2.05, 4.69) is 0 Å². The summed E-state index contributed by atoms with van der Waals surface area (Å²) in [6, 6.07) is 0. The first-order chi connectivity index (χ1) is 6.12. The molecule has 0 aromatic rings. The Labute approximate surface area is 77.6 Å². The molecular formula is C8H16O5. The number of rotatable bonds is 8. The fourth-order valence-corrected chi connectivity index (χ4v) is 0.583. The molecule has 0 aliphatic carbocycles. The van der Waals surface area contributed by atoms with Crippen LogP contribution in [-0.2, 0) is 19.0 Å². The third-order valence-corrected chi connectivity index (χ3v) is 1.35. The predicted octanol–water partition coefficient (Wildman–Crippen LogP) is -0.0790. The molecule has 13 heavy (non-hydrogen) atoms. The largest absolute Gasteiger partial charge is 0.382 e. The zero-order valence-corrected chi connectivity index (χ0v) is 7.99. The number of hydrogen-bond donors (Lipinski definition) is 1. The second-order valence-electron chi connectivity index (χ2n) is 2.71. The van der Waals surface area contributed by atoms with Gasteiger partial charge in [-0.3, -0.25) is 0 Å². The van der Waals surface area contributed by atoms with Gasteiger partial charge in [0, 0.05) is 7.11 Å². The van der Waals surface area contributed by atoms with Gasteiger partial charge in [0.05, 0.1) is 19.6 Å². The van der Waals surface area contributed by atoms with Gasteiger partial charge in [-0.05, 0) is 6.92 Å². The normalized spacial score (nSPS) is 15.3. The predicted molar refractivity (Wildman–Crippen MR) is 45.1 cm³/mol. The van der Waals surface area contributed by atoms with Gasteiger partial charge in [0.1, 0.15) is 13.1 Å². The Morgan fingerprint density at radius 3 is 2.69 bits per heavy atom. The quantitative estimate of drug-likeness (QED) is 0.331. The lowest BCUT2D eigenvalue weighted by atomic mass is 10.2. The van der Waals surface area contributed by atoms with Crippen LogP contribution in [0.25, 0.3) is 0 Å². The van der Waals surface area contributed by atoms with Crippen molar-refractivity contribution in [1.82, 2.24) is 0 Å². The number of hydrogen-bond acceptors (Lipinski definition) is 5. The van der Waals surface area contributed by atoms with Crippen molar-refractivity contribution in [1.29, 1.82) is 0 Å². The van der Waals surface area contributed by atoms with Crippen molar-refractivity contribution in [2.45, 2.75) is 19.1 Å². The topological polar surface area (TPSA) is 65.0 Å². The minimum atomic E-state index is -1.44. The lowest BCUT2D eigenvalue weighted by molar-refractivity contribution is -0.237. The highest BCUT2D eigenvalue weighted by atomic mass is 16.7. The first kappa shape index (κ1) is 12.5. The molecule has 0 bridgehead atoms. The van der Waals surface area contributed by atoms with Gasteiger partial charge in [0.2, 0.25) is 0 Å². The van der Waals surface area contributed by atoms with Crippen LogP contribution in [-0.4, -0.2) is 44.3 Å². The standard InChI is InChI=1S/C8H16O5/c1-8(10,3-4-9)13-7-12-6-5-11-2/h4,10H,3,5-7H2,1-2H3/t8-/m0/s1. The van der Waals surface area contributed by atoms with Gasteiger partial charge in [-0.15, -0.1) is 0 Å². The summed E-state index contributed by atoms with van der Waals surface area (Å²) in [6.07, 6.45) is 0.524. The number of carbonyl (C=O) groups is 1. The number of methoxy groups -OCH3 is 1. The first-order valence-corrected chi connectivity index (χ1v) is 3.99. The molecule has 1 N–H and O–H groups in total. The molecule has 0 saturated heterocycles. The van der Waals surface area contributed by atoms with Crippen LogP contribution in [0.4, 0.5) is 0 Å². The van der Waals surface area contributed by atoms with Crippen LogP contribution < -0.4 is 0 Å². The van der Waals surface area contributed by atoms with E-state index in [-0.39, 0.29) is 13.2 Å². The van der Waals surface area contributed by atoms with E-state index in [0.717, 1.165) is 0 Å². The van der Waals surface area contributed by atoms with Crippen LogP contribution in [0.1, 0.15) is 13.3 Å². The molecule has 0 aliphatic rings. The second kappa shape index (κ2) is 6.97. The molecule has 5 nitrogen and oxygen atoms in total. The van der Waals surface area contributed by atoms with E-state index < -0.39 is 5.79 Å². The fourth-order valence-electron chi connectivity index (χ4n) is 0.583. The summed E-state index contributed by atoms with van der Waals surface area (Å²) in [6.45, 7) is 2.22. The summed E-state index contributed by atoms with van der Waals surface area (Å²) in [5, 5.41) is 9.31. The molecule has 0 spiro atoms. The number of ether oxygens (including phenoxy) is 3. The van der Waals surface area contributed by atoms with E-state index in [4.69, 9.17) is 14.2 Å². The van der Waals surface area contributed by atoms with Crippen molar-refractivity contribution in [3.8, 4) is 0 Å². The van der Waals surface area contributed by atoms with Crippen molar-refractivity contribution in [3.05, 3.63) is 0 Å². The molecule has 0 unspecified atom stereocenters. The average Bonchev–Trinajstić information content (AvgIpc) is 2.04. The maximum atomic E-state index is 10.1. The summed E-state index contributed by atoms with van der Waals surface area (Å²) >= 11 is 0. The number of aldehydes is 1. The van der Waals surface area contributed by atoms with Gasteiger partial charge in [0.15, 0.2) is 5.79 Å². The smallest absolute Gasteiger partial charge is 0.172 e. The van der Waals surface area contributed by atoms with Crippen LogP contribution in [0.2, 0.25) is 0 Å². The van der Waals surface area contributed by atoms with Crippen molar-refractivity contribution in [3.63, 3.8) is 0 Å². The van der Waals surface area contributed by atoms with E-state index in [1.165, 1.54) is 6.92 Å². The van der Waals surface area contributed by atoms with Crippen molar-refractivity contribution in [2.75, 3.05) is 27.1 Å². The summed E-state index contributed by atoms with van der Waals surface area (Å²) in [4.78, 5) is 10.1. The van der Waals surface area contributed by atoms with Crippen LogP contribution >= 0.6 is 0 Å². The third-order valence-electron chi connectivity index (χ3n) is 1.35. The molecule has 0 aromatic carbocycles. The molecule has 0 fully saturated rings. The molecule has 78 valence electrons. The molecule has 5 heteroatoms. The number of carbonyl (C=O) groups excluding carboxylic acids is 1. The molecular weight excluding hydrogens is 176 g/mol. The summed E-state index contributed by atoms with van der Waals surface area (Å²) in [5.74, 6) is -1.44. The lowest BCUT2D eigenvalue weighted by Gasteiger charge is -2.20. The Kier molecular flexibility index (Phi) is 6.70. The van der Waals surface area contributed by atoms with Crippen LogP contribution in [0.15, 0.2) is 0 Å². The van der Waals surface area contributed by atoms with E-state index in [9.17, 15) is 9.90 Å². The molecule has 0 aliphatic heterocycles. The van der Waals surface area contributed by atoms with Gasteiger partial charge >= 0.3 is 0 Å². The molecule has 0 radical (unpaired) electrons. The van der Waals surface area contributed by atoms with Crippen LogP contribution in [0, 0.1) is 0 Å². The highest BCUT2D eigenvalue weighted by molar-refractivity contribution is 5.50. The van der Waals surface area contributed by atoms with Crippen molar-refractivity contribution < 1.29 is 24.1 Å². The van der Waals surface area contributed by atoms with Gasteiger partial charge in [-0.2, -0.15) is 0 Å². The zero-order valence-electron chi connectivity index (χ0n) is 7.99. The van der Waals surface area contributed by atoms with Gasteiger partial charge in [-0.1, -0.05) is 0 Å². The molecule has 0 aromatic heterocycles. The molecule has 0 saturated carbocycles. The molecule has 0 rings (SSSR count). The van der Waals surface area contributed by atoms with Crippen LogP contribution in [0.3, 0.4) is 0 Å². The Bertz CT molecular complexity index is 134. The molecule has 0 amide bonds. The highest BCUT2D eigenvalue weighted by Gasteiger charge is 2.19. The fraction of sp³-hybridized carbons (Fsp3) is 0.875. The van der Waals surface area contributed by atoms with E-state index in [0.29, 0.717) is 19.5 Å². The third kappa shape index (κ3) is 7.86. The monoisotopic (exact) mass is 192 g/mol. The Hall–Kier alpha value is -0.490. The Morgan fingerprint density at radius 2 is 2.15 bits per heavy atom. The minimum Gasteiger partial charge on any atom is -0.382 e. The summed E-state index contributed by atoms with van der Waals surface area (Å²) in [5.41, 5.74) is 0. The average molecular weight is 192 g/mol. The van der Waals surface area contributed by atoms with Crippen molar-refractivity contribution in [2.24, 2.45) is 0 Å². The first-order valence-electron chi connectivity index (χ1n) is 3.99. The van der Waals surface area contributed by atoms with E-state index >= 15 is 0 Å².